The second kappa shape index (κ2) is 1.87. The van der Waals surface area contributed by atoms with Gasteiger partial charge in [-0.3, -0.25) is 10.4 Å². The molecule has 1 unspecified atom stereocenters. The van der Waals surface area contributed by atoms with Crippen LogP contribution in [-0.4, -0.2) is 28.3 Å². The average Bonchev–Trinajstić information content (AvgIpc) is 1.98. The lowest BCUT2D eigenvalue weighted by atomic mass is 10.7. The summed E-state index contributed by atoms with van der Waals surface area (Å²) in [7, 11) is 0.0116. The van der Waals surface area contributed by atoms with E-state index in [1.165, 1.54) is 5.01 Å². The molecule has 1 rings (SSSR count). The summed E-state index contributed by atoms with van der Waals surface area (Å²) in [6.45, 7) is 0.735. The van der Waals surface area contributed by atoms with Crippen LogP contribution < -0.4 is 5.84 Å². The van der Waals surface area contributed by atoms with Crippen molar-refractivity contribution in [1.82, 2.24) is 5.01 Å². The third kappa shape index (κ3) is 0.763. The molecule has 0 saturated heterocycles. The molecule has 3 N–H and O–H groups in total. The minimum absolute atomic E-state index is 0.0116. The van der Waals surface area contributed by atoms with Crippen molar-refractivity contribution in [3.63, 3.8) is 0 Å². The van der Waals surface area contributed by atoms with Crippen LogP contribution >= 0.6 is 10.5 Å². The lowest BCUT2D eigenvalue weighted by molar-refractivity contribution is 0.520. The second-order valence-corrected chi connectivity index (χ2v) is 3.52. The van der Waals surface area contributed by atoms with E-state index in [0.717, 1.165) is 6.54 Å². The zero-order valence-electron chi connectivity index (χ0n) is 4.72. The Morgan fingerprint density at radius 2 is 2.62 bits per heavy atom. The van der Waals surface area contributed by atoms with Crippen molar-refractivity contribution in [1.29, 1.82) is 5.41 Å². The van der Waals surface area contributed by atoms with Crippen molar-refractivity contribution >= 4 is 21.0 Å². The van der Waals surface area contributed by atoms with Crippen LogP contribution in [0.15, 0.2) is 0 Å². The second-order valence-electron chi connectivity index (χ2n) is 1.68. The molecule has 3 nitrogen and oxygen atoms in total. The van der Waals surface area contributed by atoms with Gasteiger partial charge >= 0.3 is 0 Å². The molecule has 1 atom stereocenters. The molecule has 46 valence electrons. The lowest BCUT2D eigenvalue weighted by Gasteiger charge is -2.08. The Labute approximate surface area is 50.9 Å². The Morgan fingerprint density at radius 1 is 2.00 bits per heavy atom. The molecular formula is C4H9N3S. The van der Waals surface area contributed by atoms with E-state index in [1.54, 1.807) is 0 Å². The average molecular weight is 131 g/mol. The van der Waals surface area contributed by atoms with Crippen LogP contribution in [0.2, 0.25) is 0 Å². The topological polar surface area (TPSA) is 53.1 Å². The van der Waals surface area contributed by atoms with Gasteiger partial charge in [0.05, 0.1) is 6.54 Å². The van der Waals surface area contributed by atoms with Crippen molar-refractivity contribution in [2.24, 2.45) is 5.84 Å². The van der Waals surface area contributed by atoms with E-state index in [4.69, 9.17) is 11.3 Å². The van der Waals surface area contributed by atoms with Crippen LogP contribution in [0.1, 0.15) is 0 Å². The van der Waals surface area contributed by atoms with E-state index in [0.29, 0.717) is 5.17 Å². The van der Waals surface area contributed by atoms with E-state index < -0.39 is 0 Å². The molecule has 1 aliphatic heterocycles. The normalized spacial score (nSPS) is 28.5. The van der Waals surface area contributed by atoms with Crippen LogP contribution in [0, 0.1) is 5.41 Å². The van der Waals surface area contributed by atoms with Crippen LogP contribution in [0.25, 0.3) is 0 Å². The molecule has 0 radical (unpaired) electrons. The molecule has 0 aliphatic carbocycles. The van der Waals surface area contributed by atoms with Crippen molar-refractivity contribution < 1.29 is 0 Å². The van der Waals surface area contributed by atoms with Gasteiger partial charge in [0.15, 0.2) is 5.17 Å². The summed E-state index contributed by atoms with van der Waals surface area (Å²) in [6.07, 6.45) is 2.00. The molecule has 4 heteroatoms. The molecule has 0 spiro atoms. The number of nitrogens with zero attached hydrogens (tertiary/aromatic N) is 1. The smallest absolute Gasteiger partial charge is 0.164 e. The summed E-state index contributed by atoms with van der Waals surface area (Å²) >= 11 is 0. The number of nitrogens with one attached hydrogen (secondary N) is 1. The molecule has 1 aliphatic rings. The maximum absolute atomic E-state index is 7.24. The number of amidine groups is 1. The lowest BCUT2D eigenvalue weighted by Crippen LogP contribution is -2.32. The summed E-state index contributed by atoms with van der Waals surface area (Å²) < 4.78 is 0. The first-order valence-electron chi connectivity index (χ1n) is 2.30. The molecule has 8 heavy (non-hydrogen) atoms. The first-order valence-corrected chi connectivity index (χ1v) is 4.00. The maximum atomic E-state index is 7.24. The fraction of sp³-hybridized carbons (Fsp3) is 0.500. The van der Waals surface area contributed by atoms with Gasteiger partial charge < -0.3 is 0 Å². The van der Waals surface area contributed by atoms with E-state index in [-0.39, 0.29) is 10.5 Å². The van der Waals surface area contributed by atoms with Gasteiger partial charge in [-0.05, 0) is 11.6 Å². The maximum Gasteiger partial charge on any atom is 0.164 e. The number of hydrogen-bond donors (Lipinski definition) is 2. The van der Waals surface area contributed by atoms with Gasteiger partial charge in [0.1, 0.15) is 0 Å². The Kier molecular flexibility index (Phi) is 1.35. The van der Waals surface area contributed by atoms with Gasteiger partial charge in [0, 0.05) is 0 Å². The zero-order chi connectivity index (χ0) is 6.15. The SMILES string of the molecule is CS1=CCN(N)C1=N. The molecule has 0 amide bonds. The summed E-state index contributed by atoms with van der Waals surface area (Å²) in [5.41, 5.74) is 0. The summed E-state index contributed by atoms with van der Waals surface area (Å²) in [6, 6.07) is 0. The highest BCUT2D eigenvalue weighted by atomic mass is 32.2. The van der Waals surface area contributed by atoms with E-state index in [9.17, 15) is 0 Å². The Balaban J connectivity index is 2.73. The fourth-order valence-electron chi connectivity index (χ4n) is 0.539. The predicted molar refractivity (Wildman–Crippen MR) is 38.2 cm³/mol. The highest BCUT2D eigenvalue weighted by Gasteiger charge is 2.10. The molecular weight excluding hydrogens is 122 g/mol. The van der Waals surface area contributed by atoms with E-state index in [2.05, 4.69) is 0 Å². The van der Waals surface area contributed by atoms with Crippen molar-refractivity contribution in [3.05, 3.63) is 0 Å². The van der Waals surface area contributed by atoms with Gasteiger partial charge in [-0.2, -0.15) is 0 Å². The number of nitrogens with two attached hydrogens (primary N) is 1. The van der Waals surface area contributed by atoms with Gasteiger partial charge in [-0.1, -0.05) is 0 Å². The monoisotopic (exact) mass is 131 g/mol. The standard InChI is InChI=1S/C4H9N3S/c1-8-3-2-7(6)4(8)5/h3,5H,2,6H2,1H3. The molecule has 1 heterocycles. The van der Waals surface area contributed by atoms with Gasteiger partial charge in [0.25, 0.3) is 0 Å². The summed E-state index contributed by atoms with van der Waals surface area (Å²) in [5, 5.41) is 11.3. The molecule has 0 aromatic rings. The van der Waals surface area contributed by atoms with Crippen LogP contribution in [0.4, 0.5) is 0 Å². The van der Waals surface area contributed by atoms with Gasteiger partial charge in [0.2, 0.25) is 0 Å². The van der Waals surface area contributed by atoms with Crippen molar-refractivity contribution in [3.8, 4) is 0 Å². The number of hydrogen-bond acceptors (Lipinski definition) is 2. The highest BCUT2D eigenvalue weighted by molar-refractivity contribution is 8.27. The number of hydrazine groups is 1. The van der Waals surface area contributed by atoms with Crippen molar-refractivity contribution in [2.75, 3.05) is 12.8 Å². The van der Waals surface area contributed by atoms with Gasteiger partial charge in [-0.25, -0.2) is 5.84 Å². The number of rotatable bonds is 0. The molecule has 0 aromatic heterocycles. The first-order chi connectivity index (χ1) is 3.72. The van der Waals surface area contributed by atoms with Crippen molar-refractivity contribution in [2.45, 2.75) is 0 Å². The summed E-state index contributed by atoms with van der Waals surface area (Å²) in [4.78, 5) is 0. The minimum Gasteiger partial charge on any atom is -0.286 e. The van der Waals surface area contributed by atoms with Crippen LogP contribution in [-0.2, 0) is 0 Å². The third-order valence-electron chi connectivity index (χ3n) is 1.09. The Morgan fingerprint density at radius 3 is 2.75 bits per heavy atom. The molecule has 0 aromatic carbocycles. The highest BCUT2D eigenvalue weighted by Crippen LogP contribution is 2.13. The molecule has 0 fully saturated rings. The third-order valence-corrected chi connectivity index (χ3v) is 2.58. The largest absolute Gasteiger partial charge is 0.286 e. The predicted octanol–water partition coefficient (Wildman–Crippen LogP) is -0.189. The Hall–Kier alpha value is -0.350. The van der Waals surface area contributed by atoms with E-state index >= 15 is 0 Å². The van der Waals surface area contributed by atoms with Crippen LogP contribution in [0.3, 0.4) is 0 Å². The van der Waals surface area contributed by atoms with Crippen LogP contribution in [0.5, 0.6) is 0 Å². The fourth-order valence-corrected chi connectivity index (χ4v) is 1.53. The first kappa shape index (κ1) is 5.78. The summed E-state index contributed by atoms with van der Waals surface area (Å²) in [5.74, 6) is 5.35. The quantitative estimate of drug-likeness (QED) is 0.354. The molecule has 0 bridgehead atoms. The Bertz CT molecular complexity index is 151. The van der Waals surface area contributed by atoms with E-state index in [1.807, 2.05) is 11.6 Å². The minimum atomic E-state index is 0.0116. The zero-order valence-corrected chi connectivity index (χ0v) is 5.53. The molecule has 0 saturated carbocycles. The van der Waals surface area contributed by atoms with Gasteiger partial charge in [-0.15, -0.1) is 10.5 Å².